The predicted octanol–water partition coefficient (Wildman–Crippen LogP) is 3.03. The van der Waals surface area contributed by atoms with Gasteiger partial charge < -0.3 is 14.3 Å². The van der Waals surface area contributed by atoms with E-state index in [0.717, 1.165) is 12.8 Å². The standard InChI is InChI=1S/C13H26O4Si/c1-13(2,3)18(4,5)17-11(12(14)15)9-16-10-7-6-8-10/h10-11H,6-9H2,1-5H3,(H,14,15). The first kappa shape index (κ1) is 15.7. The van der Waals surface area contributed by atoms with Gasteiger partial charge in [0.25, 0.3) is 0 Å². The number of ether oxygens (including phenoxy) is 1. The molecule has 1 rings (SSSR count). The number of carboxylic acids is 1. The fourth-order valence-corrected chi connectivity index (χ4v) is 2.68. The molecule has 5 heteroatoms. The average Bonchev–Trinajstić information content (AvgIpc) is 2.11. The summed E-state index contributed by atoms with van der Waals surface area (Å²) in [5.74, 6) is -0.917. The number of carboxylic acid groups (broad SMARTS) is 1. The van der Waals surface area contributed by atoms with Crippen molar-refractivity contribution in [2.75, 3.05) is 6.61 Å². The predicted molar refractivity (Wildman–Crippen MR) is 73.3 cm³/mol. The molecule has 0 saturated heterocycles. The van der Waals surface area contributed by atoms with E-state index in [4.69, 9.17) is 9.16 Å². The first-order valence-electron chi connectivity index (χ1n) is 6.66. The number of rotatable bonds is 6. The first-order chi connectivity index (χ1) is 8.13. The third-order valence-corrected chi connectivity index (χ3v) is 8.54. The van der Waals surface area contributed by atoms with Gasteiger partial charge in [0.1, 0.15) is 0 Å². The van der Waals surface area contributed by atoms with Gasteiger partial charge in [0, 0.05) is 0 Å². The Kier molecular flexibility index (Phi) is 4.97. The summed E-state index contributed by atoms with van der Waals surface area (Å²) in [5, 5.41) is 9.23. The zero-order chi connectivity index (χ0) is 14.0. The van der Waals surface area contributed by atoms with Crippen molar-refractivity contribution in [1.29, 1.82) is 0 Å². The van der Waals surface area contributed by atoms with Gasteiger partial charge in [-0.05, 0) is 37.4 Å². The first-order valence-corrected chi connectivity index (χ1v) is 9.56. The van der Waals surface area contributed by atoms with E-state index in [1.807, 2.05) is 0 Å². The molecule has 0 aromatic carbocycles. The Balaban J connectivity index is 2.53. The summed E-state index contributed by atoms with van der Waals surface area (Å²) < 4.78 is 11.5. The van der Waals surface area contributed by atoms with E-state index >= 15 is 0 Å². The SMILES string of the molecule is CC(C)(C)[Si](C)(C)OC(COC1CCC1)C(=O)O. The average molecular weight is 274 g/mol. The van der Waals surface area contributed by atoms with Crippen molar-refractivity contribution >= 4 is 14.3 Å². The molecule has 0 bridgehead atoms. The molecule has 0 aliphatic heterocycles. The largest absolute Gasteiger partial charge is 0.479 e. The van der Waals surface area contributed by atoms with Crippen LogP contribution in [0.1, 0.15) is 40.0 Å². The van der Waals surface area contributed by atoms with Gasteiger partial charge >= 0.3 is 5.97 Å². The van der Waals surface area contributed by atoms with Gasteiger partial charge in [-0.15, -0.1) is 0 Å². The molecule has 1 fully saturated rings. The molecule has 1 unspecified atom stereocenters. The van der Waals surface area contributed by atoms with Crippen molar-refractivity contribution < 1.29 is 19.1 Å². The van der Waals surface area contributed by atoms with E-state index in [2.05, 4.69) is 33.9 Å². The molecule has 1 aliphatic rings. The van der Waals surface area contributed by atoms with Crippen LogP contribution in [0.2, 0.25) is 18.1 Å². The van der Waals surface area contributed by atoms with Crippen molar-refractivity contribution in [3.8, 4) is 0 Å². The molecule has 0 amide bonds. The van der Waals surface area contributed by atoms with Crippen molar-refractivity contribution in [1.82, 2.24) is 0 Å². The lowest BCUT2D eigenvalue weighted by Gasteiger charge is -2.38. The minimum absolute atomic E-state index is 0.0111. The van der Waals surface area contributed by atoms with Crippen LogP contribution in [0.5, 0.6) is 0 Å². The maximum Gasteiger partial charge on any atom is 0.334 e. The van der Waals surface area contributed by atoms with Crippen LogP contribution in [0.3, 0.4) is 0 Å². The van der Waals surface area contributed by atoms with Crippen molar-refractivity contribution in [3.63, 3.8) is 0 Å². The Morgan fingerprint density at radius 3 is 2.28 bits per heavy atom. The van der Waals surface area contributed by atoms with E-state index < -0.39 is 20.4 Å². The smallest absolute Gasteiger partial charge is 0.334 e. The van der Waals surface area contributed by atoms with Crippen LogP contribution in [0.15, 0.2) is 0 Å². The molecule has 0 aromatic heterocycles. The fraction of sp³-hybridized carbons (Fsp3) is 0.923. The highest BCUT2D eigenvalue weighted by Crippen LogP contribution is 2.37. The summed E-state index contributed by atoms with van der Waals surface area (Å²) in [6, 6.07) is 0. The summed E-state index contributed by atoms with van der Waals surface area (Å²) in [7, 11) is -2.06. The molecular weight excluding hydrogens is 248 g/mol. The second kappa shape index (κ2) is 5.71. The third kappa shape index (κ3) is 4.07. The Bertz CT molecular complexity index is 292. The van der Waals surface area contributed by atoms with Crippen LogP contribution in [0.4, 0.5) is 0 Å². The van der Waals surface area contributed by atoms with Gasteiger partial charge in [-0.1, -0.05) is 20.8 Å². The summed E-state index contributed by atoms with van der Waals surface area (Å²) >= 11 is 0. The van der Waals surface area contributed by atoms with Crippen LogP contribution in [-0.4, -0.2) is 38.2 Å². The summed E-state index contributed by atoms with van der Waals surface area (Å²) in [5.41, 5.74) is 0. The highest BCUT2D eigenvalue weighted by Gasteiger charge is 2.41. The Morgan fingerprint density at radius 2 is 1.94 bits per heavy atom. The van der Waals surface area contributed by atoms with E-state index in [-0.39, 0.29) is 17.7 Å². The quantitative estimate of drug-likeness (QED) is 0.756. The summed E-state index contributed by atoms with van der Waals surface area (Å²) in [4.78, 5) is 11.2. The van der Waals surface area contributed by atoms with Crippen molar-refractivity contribution in [2.24, 2.45) is 0 Å². The number of hydrogen-bond acceptors (Lipinski definition) is 3. The van der Waals surface area contributed by atoms with E-state index in [1.165, 1.54) is 6.42 Å². The Morgan fingerprint density at radius 1 is 1.39 bits per heavy atom. The highest BCUT2D eigenvalue weighted by molar-refractivity contribution is 6.74. The number of aliphatic carboxylic acids is 1. The molecule has 106 valence electrons. The molecule has 1 N–H and O–H groups in total. The number of hydrogen-bond donors (Lipinski definition) is 1. The van der Waals surface area contributed by atoms with Crippen molar-refractivity contribution in [2.45, 2.75) is 70.4 Å². The highest BCUT2D eigenvalue weighted by atomic mass is 28.4. The van der Waals surface area contributed by atoms with Crippen LogP contribution in [-0.2, 0) is 14.0 Å². The molecule has 0 heterocycles. The van der Waals surface area contributed by atoms with Crippen LogP contribution in [0, 0.1) is 0 Å². The maximum absolute atomic E-state index is 11.2. The minimum Gasteiger partial charge on any atom is -0.479 e. The van der Waals surface area contributed by atoms with Gasteiger partial charge in [0.2, 0.25) is 0 Å². The fourth-order valence-electron chi connectivity index (χ4n) is 1.45. The topological polar surface area (TPSA) is 55.8 Å². The minimum atomic E-state index is -2.06. The molecular formula is C13H26O4Si. The number of carbonyl (C=O) groups is 1. The molecule has 18 heavy (non-hydrogen) atoms. The molecule has 1 aliphatic carbocycles. The zero-order valence-electron chi connectivity index (χ0n) is 12.2. The second-order valence-electron chi connectivity index (χ2n) is 6.59. The molecule has 0 radical (unpaired) electrons. The lowest BCUT2D eigenvalue weighted by Crippen LogP contribution is -2.48. The summed E-state index contributed by atoms with van der Waals surface area (Å²) in [6.07, 6.45) is 2.70. The zero-order valence-corrected chi connectivity index (χ0v) is 13.2. The Labute approximate surface area is 111 Å². The van der Waals surface area contributed by atoms with Crippen LogP contribution < -0.4 is 0 Å². The van der Waals surface area contributed by atoms with Gasteiger partial charge in [-0.25, -0.2) is 4.79 Å². The molecule has 0 aromatic rings. The molecule has 1 saturated carbocycles. The van der Waals surface area contributed by atoms with E-state index in [0.29, 0.717) is 0 Å². The normalized spacial score (nSPS) is 19.4. The van der Waals surface area contributed by atoms with Crippen LogP contribution in [0.25, 0.3) is 0 Å². The monoisotopic (exact) mass is 274 g/mol. The molecule has 4 nitrogen and oxygen atoms in total. The lowest BCUT2D eigenvalue weighted by molar-refractivity contribution is -0.151. The van der Waals surface area contributed by atoms with Gasteiger partial charge in [0.15, 0.2) is 14.4 Å². The van der Waals surface area contributed by atoms with Gasteiger partial charge in [-0.3, -0.25) is 0 Å². The van der Waals surface area contributed by atoms with Crippen LogP contribution >= 0.6 is 0 Å². The Hall–Kier alpha value is -0.393. The van der Waals surface area contributed by atoms with E-state index in [9.17, 15) is 9.90 Å². The van der Waals surface area contributed by atoms with Gasteiger partial charge in [-0.2, -0.15) is 0 Å². The van der Waals surface area contributed by atoms with E-state index in [1.54, 1.807) is 0 Å². The summed E-state index contributed by atoms with van der Waals surface area (Å²) in [6.45, 7) is 10.6. The molecule has 0 spiro atoms. The lowest BCUT2D eigenvalue weighted by atomic mass is 9.96. The third-order valence-electron chi connectivity index (χ3n) is 4.05. The van der Waals surface area contributed by atoms with Gasteiger partial charge in [0.05, 0.1) is 12.7 Å². The maximum atomic E-state index is 11.2. The second-order valence-corrected chi connectivity index (χ2v) is 11.3. The molecule has 1 atom stereocenters. The van der Waals surface area contributed by atoms with Crippen molar-refractivity contribution in [3.05, 3.63) is 0 Å².